The largest absolute Gasteiger partial charge is 0.479 e. The number of carboxylic acids is 1. The molecule has 146 valence electrons. The number of benzene rings is 2. The van der Waals surface area contributed by atoms with Crippen molar-refractivity contribution in [3.63, 3.8) is 0 Å². The van der Waals surface area contributed by atoms with E-state index in [-0.39, 0.29) is 17.4 Å². The SMILES string of the molecule is CC(Oc1ccc(C(=O)/C=C/c2ccc(C(C)C)c([N+](=O)[O-])c2)cc1)C(=O)O. The maximum Gasteiger partial charge on any atom is 0.344 e. The lowest BCUT2D eigenvalue weighted by atomic mass is 9.99. The minimum Gasteiger partial charge on any atom is -0.479 e. The van der Waals surface area contributed by atoms with Crippen LogP contribution < -0.4 is 4.74 Å². The number of allylic oxidation sites excluding steroid dienone is 1. The molecule has 0 spiro atoms. The zero-order chi connectivity index (χ0) is 20.8. The van der Waals surface area contributed by atoms with Gasteiger partial charge in [0.2, 0.25) is 0 Å². The first kappa shape index (κ1) is 20.8. The van der Waals surface area contributed by atoms with Crippen molar-refractivity contribution in [1.82, 2.24) is 0 Å². The molecule has 0 saturated carbocycles. The van der Waals surface area contributed by atoms with Crippen molar-refractivity contribution in [2.24, 2.45) is 0 Å². The summed E-state index contributed by atoms with van der Waals surface area (Å²) in [5.74, 6) is -1.01. The Labute approximate surface area is 162 Å². The molecule has 7 heteroatoms. The summed E-state index contributed by atoms with van der Waals surface area (Å²) in [5, 5.41) is 20.1. The van der Waals surface area contributed by atoms with Crippen LogP contribution in [0.4, 0.5) is 5.69 Å². The Bertz CT molecular complexity index is 915. The fourth-order valence-electron chi connectivity index (χ4n) is 2.53. The molecule has 0 saturated heterocycles. The molecule has 2 aromatic rings. The third-order valence-electron chi connectivity index (χ3n) is 4.10. The Morgan fingerprint density at radius 3 is 2.29 bits per heavy atom. The molecule has 2 rings (SSSR count). The van der Waals surface area contributed by atoms with E-state index in [1.165, 1.54) is 49.4 Å². The number of ether oxygens (including phenoxy) is 1. The molecule has 0 aliphatic heterocycles. The van der Waals surface area contributed by atoms with Gasteiger partial charge >= 0.3 is 5.97 Å². The van der Waals surface area contributed by atoms with Crippen LogP contribution in [0.25, 0.3) is 6.08 Å². The van der Waals surface area contributed by atoms with Crippen molar-refractivity contribution >= 4 is 23.5 Å². The lowest BCUT2D eigenvalue weighted by molar-refractivity contribution is -0.385. The number of nitro benzene ring substituents is 1. The van der Waals surface area contributed by atoms with Gasteiger partial charge in [0.15, 0.2) is 11.9 Å². The summed E-state index contributed by atoms with van der Waals surface area (Å²) in [7, 11) is 0. The lowest BCUT2D eigenvalue weighted by Gasteiger charge is -2.10. The number of aliphatic carboxylic acids is 1. The molecule has 1 N–H and O–H groups in total. The minimum atomic E-state index is -1.08. The van der Waals surface area contributed by atoms with E-state index in [0.717, 1.165) is 0 Å². The van der Waals surface area contributed by atoms with Gasteiger partial charge in [0.05, 0.1) is 4.92 Å². The highest BCUT2D eigenvalue weighted by atomic mass is 16.6. The first-order chi connectivity index (χ1) is 13.2. The van der Waals surface area contributed by atoms with Crippen LogP contribution in [0.5, 0.6) is 5.75 Å². The van der Waals surface area contributed by atoms with Gasteiger partial charge in [-0.1, -0.05) is 32.1 Å². The van der Waals surface area contributed by atoms with E-state index in [1.54, 1.807) is 12.1 Å². The Balaban J connectivity index is 2.14. The smallest absolute Gasteiger partial charge is 0.344 e. The van der Waals surface area contributed by atoms with Crippen molar-refractivity contribution < 1.29 is 24.4 Å². The predicted molar refractivity (Wildman–Crippen MR) is 105 cm³/mol. The van der Waals surface area contributed by atoms with Gasteiger partial charge in [0.1, 0.15) is 5.75 Å². The number of carbonyl (C=O) groups is 2. The average molecular weight is 383 g/mol. The lowest BCUT2D eigenvalue weighted by Crippen LogP contribution is -2.22. The Hall–Kier alpha value is -3.48. The van der Waals surface area contributed by atoms with Crippen LogP contribution in [0, 0.1) is 10.1 Å². The van der Waals surface area contributed by atoms with Crippen LogP contribution in [0.15, 0.2) is 48.5 Å². The van der Waals surface area contributed by atoms with E-state index in [0.29, 0.717) is 22.4 Å². The molecule has 0 aliphatic rings. The standard InChI is InChI=1S/C21H21NO6/c1-13(2)18-10-4-15(12-19(18)22(26)27)5-11-20(23)16-6-8-17(9-7-16)28-14(3)21(24)25/h4-14H,1-3H3,(H,24,25)/b11-5+. The fraction of sp³-hybridized carbons (Fsp3) is 0.238. The van der Waals surface area contributed by atoms with Crippen molar-refractivity contribution in [1.29, 1.82) is 0 Å². The summed E-state index contributed by atoms with van der Waals surface area (Å²) in [5.41, 5.74) is 1.61. The quantitative estimate of drug-likeness (QED) is 0.312. The fourth-order valence-corrected chi connectivity index (χ4v) is 2.53. The molecule has 0 amide bonds. The van der Waals surface area contributed by atoms with E-state index in [9.17, 15) is 19.7 Å². The topological polar surface area (TPSA) is 107 Å². The number of nitro groups is 1. The van der Waals surface area contributed by atoms with Crippen LogP contribution in [0.2, 0.25) is 0 Å². The number of ketones is 1. The van der Waals surface area contributed by atoms with Crippen molar-refractivity contribution in [3.8, 4) is 5.75 Å². The number of nitrogens with zero attached hydrogens (tertiary/aromatic N) is 1. The summed E-state index contributed by atoms with van der Waals surface area (Å²) in [6, 6.07) is 11.0. The number of rotatable bonds is 8. The molecule has 28 heavy (non-hydrogen) atoms. The van der Waals surface area contributed by atoms with Gasteiger partial charge in [-0.3, -0.25) is 14.9 Å². The molecular weight excluding hydrogens is 362 g/mol. The average Bonchev–Trinajstić information content (AvgIpc) is 2.66. The van der Waals surface area contributed by atoms with Crippen LogP contribution in [-0.4, -0.2) is 27.9 Å². The van der Waals surface area contributed by atoms with Crippen molar-refractivity contribution in [2.45, 2.75) is 32.8 Å². The van der Waals surface area contributed by atoms with Gasteiger partial charge in [0, 0.05) is 17.2 Å². The van der Waals surface area contributed by atoms with E-state index >= 15 is 0 Å². The third kappa shape index (κ3) is 5.26. The van der Waals surface area contributed by atoms with E-state index < -0.39 is 17.0 Å². The Kier molecular flexibility index (Phi) is 6.65. The molecule has 0 aliphatic carbocycles. The molecule has 0 fully saturated rings. The number of hydrogen-bond donors (Lipinski definition) is 1. The van der Waals surface area contributed by atoms with Crippen LogP contribution in [-0.2, 0) is 4.79 Å². The highest BCUT2D eigenvalue weighted by molar-refractivity contribution is 6.06. The predicted octanol–water partition coefficient (Wildman–Crippen LogP) is 4.47. The number of hydrogen-bond acceptors (Lipinski definition) is 5. The Morgan fingerprint density at radius 2 is 1.75 bits per heavy atom. The van der Waals surface area contributed by atoms with Gasteiger partial charge < -0.3 is 9.84 Å². The summed E-state index contributed by atoms with van der Waals surface area (Å²) >= 11 is 0. The molecule has 0 heterocycles. The second kappa shape index (κ2) is 8.94. The Morgan fingerprint density at radius 1 is 1.11 bits per heavy atom. The normalized spacial score (nSPS) is 12.1. The highest BCUT2D eigenvalue weighted by Gasteiger charge is 2.16. The van der Waals surface area contributed by atoms with E-state index in [2.05, 4.69) is 0 Å². The van der Waals surface area contributed by atoms with Crippen LogP contribution in [0.1, 0.15) is 48.2 Å². The maximum absolute atomic E-state index is 12.3. The first-order valence-corrected chi connectivity index (χ1v) is 8.69. The molecule has 7 nitrogen and oxygen atoms in total. The highest BCUT2D eigenvalue weighted by Crippen LogP contribution is 2.27. The molecule has 2 aromatic carbocycles. The van der Waals surface area contributed by atoms with Gasteiger partial charge in [-0.05, 0) is 48.7 Å². The summed E-state index contributed by atoms with van der Waals surface area (Å²) in [4.78, 5) is 33.9. The second-order valence-corrected chi connectivity index (χ2v) is 6.55. The second-order valence-electron chi connectivity index (χ2n) is 6.55. The van der Waals surface area contributed by atoms with E-state index in [4.69, 9.17) is 9.84 Å². The summed E-state index contributed by atoms with van der Waals surface area (Å²) in [6.07, 6.45) is 1.87. The zero-order valence-corrected chi connectivity index (χ0v) is 15.8. The molecule has 0 aromatic heterocycles. The molecule has 1 unspecified atom stereocenters. The summed E-state index contributed by atoms with van der Waals surface area (Å²) in [6.45, 7) is 5.17. The number of carboxylic acid groups (broad SMARTS) is 1. The molecular formula is C21H21NO6. The van der Waals surface area contributed by atoms with Gasteiger partial charge in [-0.15, -0.1) is 0 Å². The zero-order valence-electron chi connectivity index (χ0n) is 15.8. The monoisotopic (exact) mass is 383 g/mol. The van der Waals surface area contributed by atoms with Crippen LogP contribution >= 0.6 is 0 Å². The van der Waals surface area contributed by atoms with Crippen molar-refractivity contribution in [2.75, 3.05) is 0 Å². The van der Waals surface area contributed by atoms with Gasteiger partial charge in [-0.2, -0.15) is 0 Å². The molecule has 0 bridgehead atoms. The maximum atomic E-state index is 12.3. The summed E-state index contributed by atoms with van der Waals surface area (Å²) < 4.78 is 5.21. The molecule has 1 atom stereocenters. The van der Waals surface area contributed by atoms with Crippen LogP contribution in [0.3, 0.4) is 0 Å². The molecule has 0 radical (unpaired) electrons. The van der Waals surface area contributed by atoms with E-state index in [1.807, 2.05) is 13.8 Å². The first-order valence-electron chi connectivity index (χ1n) is 8.69. The third-order valence-corrected chi connectivity index (χ3v) is 4.10. The van der Waals surface area contributed by atoms with Gasteiger partial charge in [-0.25, -0.2) is 4.79 Å². The van der Waals surface area contributed by atoms with Crippen molar-refractivity contribution in [3.05, 3.63) is 75.3 Å². The number of carbonyl (C=O) groups excluding carboxylic acids is 1. The van der Waals surface area contributed by atoms with Gasteiger partial charge in [0.25, 0.3) is 5.69 Å². The minimum absolute atomic E-state index is 0.0182.